The van der Waals surface area contributed by atoms with Gasteiger partial charge in [0.05, 0.1) is 26.7 Å². The molecule has 0 saturated heterocycles. The molecule has 0 aliphatic heterocycles. The molecule has 1 aliphatic rings. The number of anilines is 1. The zero-order valence-electron chi connectivity index (χ0n) is 20.0. The van der Waals surface area contributed by atoms with Gasteiger partial charge in [-0.05, 0) is 62.1 Å². The maximum Gasteiger partial charge on any atom is 0.231 e. The van der Waals surface area contributed by atoms with Crippen molar-refractivity contribution in [2.75, 3.05) is 5.32 Å². The molecule has 178 valence electrons. The molecule has 0 spiro atoms. The highest BCUT2D eigenvalue weighted by molar-refractivity contribution is 7.18. The van der Waals surface area contributed by atoms with Crippen molar-refractivity contribution in [3.63, 3.8) is 0 Å². The fraction of sp³-hybridized carbons (Fsp3) is 0.276. The van der Waals surface area contributed by atoms with Crippen LogP contribution in [-0.2, 0) is 21.4 Å². The van der Waals surface area contributed by atoms with Crippen LogP contribution in [0.5, 0.6) is 0 Å². The Labute approximate surface area is 209 Å². The molecule has 4 aromatic rings. The summed E-state index contributed by atoms with van der Waals surface area (Å²) in [5.74, 6) is 0.216. The van der Waals surface area contributed by atoms with E-state index in [0.29, 0.717) is 6.42 Å². The lowest BCUT2D eigenvalue weighted by molar-refractivity contribution is -0.127. The van der Waals surface area contributed by atoms with Gasteiger partial charge in [-0.1, -0.05) is 54.6 Å². The van der Waals surface area contributed by atoms with Crippen molar-refractivity contribution in [2.45, 2.75) is 44.6 Å². The molecule has 5 nitrogen and oxygen atoms in total. The van der Waals surface area contributed by atoms with Gasteiger partial charge in [-0.2, -0.15) is 0 Å². The van der Waals surface area contributed by atoms with E-state index in [9.17, 15) is 9.59 Å². The van der Waals surface area contributed by atoms with Crippen LogP contribution in [0.25, 0.3) is 10.2 Å². The van der Waals surface area contributed by atoms with Gasteiger partial charge in [0, 0.05) is 18.0 Å². The van der Waals surface area contributed by atoms with Gasteiger partial charge in [0.25, 0.3) is 0 Å². The number of hydrogen-bond acceptors (Lipinski definition) is 4. The topological polar surface area (TPSA) is 71.1 Å². The van der Waals surface area contributed by atoms with Crippen LogP contribution in [0.1, 0.15) is 48.9 Å². The molecule has 0 radical (unpaired) electrons. The first-order chi connectivity index (χ1) is 16.9. The second kappa shape index (κ2) is 9.62. The number of fused-ring (bicyclic) bond motifs is 1. The number of para-hydroxylation sites is 1. The van der Waals surface area contributed by atoms with Gasteiger partial charge in [0.1, 0.15) is 0 Å². The van der Waals surface area contributed by atoms with Crippen LogP contribution in [0.15, 0.2) is 78.9 Å². The Morgan fingerprint density at radius 2 is 1.69 bits per heavy atom. The van der Waals surface area contributed by atoms with Gasteiger partial charge in [0.2, 0.25) is 11.8 Å². The Hall–Kier alpha value is -3.51. The highest BCUT2D eigenvalue weighted by Gasteiger charge is 2.37. The third kappa shape index (κ3) is 5.13. The van der Waals surface area contributed by atoms with Gasteiger partial charge >= 0.3 is 0 Å². The van der Waals surface area contributed by atoms with Crippen molar-refractivity contribution in [3.05, 3.63) is 95.0 Å². The second-order valence-electron chi connectivity index (χ2n) is 9.53. The normalized spacial score (nSPS) is 15.8. The number of aromatic nitrogens is 1. The van der Waals surface area contributed by atoms with E-state index in [4.69, 9.17) is 4.98 Å². The minimum Gasteiger partial charge on any atom is -0.349 e. The van der Waals surface area contributed by atoms with Crippen molar-refractivity contribution in [1.82, 2.24) is 10.3 Å². The molecular weight excluding hydrogens is 454 g/mol. The lowest BCUT2D eigenvalue weighted by Crippen LogP contribution is -2.44. The number of nitrogens with zero attached hydrogens (tertiary/aromatic N) is 1. The summed E-state index contributed by atoms with van der Waals surface area (Å²) >= 11 is 1.64. The van der Waals surface area contributed by atoms with Crippen LogP contribution in [0, 0.1) is 5.92 Å². The zero-order valence-corrected chi connectivity index (χ0v) is 20.8. The summed E-state index contributed by atoms with van der Waals surface area (Å²) in [4.78, 5) is 30.6. The van der Waals surface area contributed by atoms with Crippen molar-refractivity contribution < 1.29 is 9.59 Å². The molecule has 1 heterocycles. The van der Waals surface area contributed by atoms with E-state index in [-0.39, 0.29) is 23.8 Å². The van der Waals surface area contributed by atoms with Crippen molar-refractivity contribution in [3.8, 4) is 0 Å². The Bertz CT molecular complexity index is 1310. The van der Waals surface area contributed by atoms with Gasteiger partial charge in [0.15, 0.2) is 0 Å². The van der Waals surface area contributed by atoms with Crippen LogP contribution in [0.3, 0.4) is 0 Å². The molecule has 35 heavy (non-hydrogen) atoms. The molecule has 1 aliphatic carbocycles. The van der Waals surface area contributed by atoms with Crippen LogP contribution < -0.4 is 10.6 Å². The molecule has 2 amide bonds. The van der Waals surface area contributed by atoms with Gasteiger partial charge in [-0.15, -0.1) is 11.3 Å². The molecule has 1 fully saturated rings. The van der Waals surface area contributed by atoms with Crippen molar-refractivity contribution in [1.29, 1.82) is 0 Å². The van der Waals surface area contributed by atoms with E-state index in [2.05, 4.69) is 16.7 Å². The summed E-state index contributed by atoms with van der Waals surface area (Å²) in [6.07, 6.45) is 2.47. The van der Waals surface area contributed by atoms with Crippen LogP contribution in [0.4, 0.5) is 5.69 Å². The molecule has 3 aromatic carbocycles. The molecule has 1 aromatic heterocycles. The summed E-state index contributed by atoms with van der Waals surface area (Å²) < 4.78 is 1.13. The van der Waals surface area contributed by atoms with E-state index in [0.717, 1.165) is 44.9 Å². The zero-order chi connectivity index (χ0) is 24.4. The molecule has 2 N–H and O–H groups in total. The number of hydrogen-bond donors (Lipinski definition) is 2. The minimum atomic E-state index is -0.776. The smallest absolute Gasteiger partial charge is 0.231 e. The third-order valence-electron chi connectivity index (χ3n) is 6.73. The quantitative estimate of drug-likeness (QED) is 0.322. The molecule has 6 heteroatoms. The first-order valence-electron chi connectivity index (χ1n) is 12.0. The van der Waals surface area contributed by atoms with Crippen molar-refractivity contribution >= 4 is 39.1 Å². The fourth-order valence-electron chi connectivity index (χ4n) is 4.30. The van der Waals surface area contributed by atoms with Crippen LogP contribution >= 0.6 is 11.3 Å². The third-order valence-corrected chi connectivity index (χ3v) is 7.77. The highest BCUT2D eigenvalue weighted by atomic mass is 32.1. The van der Waals surface area contributed by atoms with E-state index >= 15 is 0 Å². The lowest BCUT2D eigenvalue weighted by atomic mass is 9.78. The van der Waals surface area contributed by atoms with Crippen LogP contribution in [0.2, 0.25) is 0 Å². The maximum atomic E-state index is 13.8. The Kier molecular flexibility index (Phi) is 6.39. The van der Waals surface area contributed by atoms with E-state index in [1.807, 2.05) is 86.6 Å². The first-order valence-corrected chi connectivity index (χ1v) is 12.9. The predicted molar refractivity (Wildman–Crippen MR) is 141 cm³/mol. The number of thiazole rings is 1. The van der Waals surface area contributed by atoms with E-state index in [1.165, 1.54) is 0 Å². The second-order valence-corrected chi connectivity index (χ2v) is 10.6. The van der Waals surface area contributed by atoms with Gasteiger partial charge in [-0.3, -0.25) is 9.59 Å². The number of carbonyl (C=O) groups is 2. The molecule has 5 rings (SSSR count). The minimum absolute atomic E-state index is 0.0402. The predicted octanol–water partition coefficient (Wildman–Crippen LogP) is 6.02. The molecule has 2 unspecified atom stereocenters. The van der Waals surface area contributed by atoms with E-state index in [1.54, 1.807) is 11.3 Å². The molecule has 2 atom stereocenters. The molecular formula is C29H29N3O2S. The Morgan fingerprint density at radius 3 is 2.37 bits per heavy atom. The Balaban J connectivity index is 1.34. The molecule has 0 bridgehead atoms. The number of benzene rings is 3. The average Bonchev–Trinajstić information content (AvgIpc) is 3.65. The maximum absolute atomic E-state index is 13.8. The monoisotopic (exact) mass is 483 g/mol. The largest absolute Gasteiger partial charge is 0.349 e. The Morgan fingerprint density at radius 1 is 1.00 bits per heavy atom. The van der Waals surface area contributed by atoms with Crippen molar-refractivity contribution in [2.24, 2.45) is 5.92 Å². The lowest BCUT2D eigenvalue weighted by Gasteiger charge is -2.30. The number of nitrogens with one attached hydrogen (secondary N) is 2. The highest BCUT2D eigenvalue weighted by Crippen LogP contribution is 2.33. The first kappa shape index (κ1) is 23.2. The average molecular weight is 484 g/mol. The summed E-state index contributed by atoms with van der Waals surface area (Å²) in [5.41, 5.74) is 2.92. The summed E-state index contributed by atoms with van der Waals surface area (Å²) in [6, 6.07) is 25.5. The van der Waals surface area contributed by atoms with E-state index < -0.39 is 5.41 Å². The number of carbonyl (C=O) groups excluding carboxylic acids is 2. The SMILES string of the molecule is CC(NC(=O)C(C)(Cc1nc2ccccc2s1)c1ccccc1)c1ccc(NC(=O)C2CC2)cc1. The number of amides is 2. The van der Waals surface area contributed by atoms with Gasteiger partial charge in [-0.25, -0.2) is 4.98 Å². The summed E-state index contributed by atoms with van der Waals surface area (Å²) in [7, 11) is 0. The standard InChI is InChI=1S/C29H29N3O2S/c1-19(20-14-16-23(17-15-20)31-27(33)21-12-13-21)30-28(34)29(2,22-8-4-3-5-9-22)18-26-32-24-10-6-7-11-25(24)35-26/h3-11,14-17,19,21H,12-13,18H2,1-2H3,(H,30,34)(H,31,33). The molecule has 1 saturated carbocycles. The van der Waals surface area contributed by atoms with Gasteiger partial charge < -0.3 is 10.6 Å². The fourth-order valence-corrected chi connectivity index (χ4v) is 5.43. The van der Waals surface area contributed by atoms with Crippen LogP contribution in [-0.4, -0.2) is 16.8 Å². The summed E-state index contributed by atoms with van der Waals surface area (Å²) in [5, 5.41) is 7.13. The number of rotatable bonds is 8. The summed E-state index contributed by atoms with van der Waals surface area (Å²) in [6.45, 7) is 3.98.